The molecule has 144 valence electrons. The van der Waals surface area contributed by atoms with Crippen molar-refractivity contribution in [2.24, 2.45) is 0 Å². The molecule has 2 rings (SSSR count). The van der Waals surface area contributed by atoms with E-state index < -0.39 is 18.1 Å². The third-order valence-electron chi connectivity index (χ3n) is 3.87. The number of carbonyl (C=O) groups is 2. The van der Waals surface area contributed by atoms with Crippen LogP contribution in [0.2, 0.25) is 10.0 Å². The van der Waals surface area contributed by atoms with Gasteiger partial charge in [-0.1, -0.05) is 35.3 Å². The largest absolute Gasteiger partial charge is 0.508 e. The van der Waals surface area contributed by atoms with Crippen LogP contribution >= 0.6 is 23.2 Å². The number of nitrogens with one attached hydrogen (secondary N) is 2. The van der Waals surface area contributed by atoms with Gasteiger partial charge < -0.3 is 20.5 Å². The highest BCUT2D eigenvalue weighted by atomic mass is 35.5. The Morgan fingerprint density at radius 3 is 2.37 bits per heavy atom. The van der Waals surface area contributed by atoms with E-state index in [0.29, 0.717) is 15.7 Å². The predicted molar refractivity (Wildman–Crippen MR) is 105 cm³/mol. The van der Waals surface area contributed by atoms with E-state index in [1.807, 2.05) is 0 Å². The molecule has 3 N–H and O–H groups in total. The average Bonchev–Trinajstić information content (AvgIpc) is 2.65. The minimum absolute atomic E-state index is 0.122. The second-order valence-corrected chi connectivity index (χ2v) is 6.76. The van der Waals surface area contributed by atoms with Crippen LogP contribution in [0.3, 0.4) is 0 Å². The number of methoxy groups -OCH3 is 1. The summed E-state index contributed by atoms with van der Waals surface area (Å²) < 4.78 is 4.78. The Balaban J connectivity index is 2.04. The van der Waals surface area contributed by atoms with Crippen LogP contribution in [0.4, 0.5) is 5.69 Å². The minimum Gasteiger partial charge on any atom is -0.508 e. The summed E-state index contributed by atoms with van der Waals surface area (Å²) in [5.74, 6) is -0.815. The monoisotopic (exact) mass is 410 g/mol. The lowest BCUT2D eigenvalue weighted by Crippen LogP contribution is -2.48. The Morgan fingerprint density at radius 1 is 1.11 bits per heavy atom. The molecule has 27 heavy (non-hydrogen) atoms. The van der Waals surface area contributed by atoms with Crippen LogP contribution < -0.4 is 10.6 Å². The van der Waals surface area contributed by atoms with Crippen molar-refractivity contribution < 1.29 is 19.4 Å². The first-order chi connectivity index (χ1) is 12.8. The van der Waals surface area contributed by atoms with Crippen LogP contribution in [0.15, 0.2) is 42.5 Å². The highest BCUT2D eigenvalue weighted by Crippen LogP contribution is 2.25. The van der Waals surface area contributed by atoms with Crippen LogP contribution in [-0.2, 0) is 20.7 Å². The molecule has 0 aliphatic carbocycles. The molecule has 0 fully saturated rings. The van der Waals surface area contributed by atoms with Gasteiger partial charge in [0, 0.05) is 12.1 Å². The molecule has 0 saturated carbocycles. The number of phenolic OH excluding ortho intramolecular Hbond substituents is 1. The minimum atomic E-state index is -0.856. The summed E-state index contributed by atoms with van der Waals surface area (Å²) in [5, 5.41) is 15.8. The van der Waals surface area contributed by atoms with Crippen LogP contribution in [-0.4, -0.2) is 36.2 Å². The number of halogens is 2. The third-order valence-corrected chi connectivity index (χ3v) is 4.61. The van der Waals surface area contributed by atoms with Crippen molar-refractivity contribution in [2.45, 2.75) is 25.4 Å². The second-order valence-electron chi connectivity index (χ2n) is 5.95. The fraction of sp³-hybridized carbons (Fsp3) is 0.263. The van der Waals surface area contributed by atoms with Crippen LogP contribution in [0.1, 0.15) is 12.5 Å². The van der Waals surface area contributed by atoms with Gasteiger partial charge in [0.1, 0.15) is 17.8 Å². The number of aromatic hydroxyl groups is 1. The van der Waals surface area contributed by atoms with Crippen molar-refractivity contribution in [1.82, 2.24) is 5.32 Å². The zero-order valence-electron chi connectivity index (χ0n) is 14.8. The van der Waals surface area contributed by atoms with Gasteiger partial charge in [0.25, 0.3) is 0 Å². The molecule has 6 nitrogen and oxygen atoms in total. The van der Waals surface area contributed by atoms with E-state index in [0.717, 1.165) is 5.56 Å². The standard InChI is InChI=1S/C19H20Cl2N2O4/c1-11(22-13-5-8-15(20)16(21)10-13)18(25)23-17(19(26)27-2)9-12-3-6-14(24)7-4-12/h3-8,10-11,17,22,24H,9H2,1-2H3,(H,23,25)/t11?,17-/m0/s1. The maximum absolute atomic E-state index is 12.5. The molecule has 0 aliphatic heterocycles. The topological polar surface area (TPSA) is 87.7 Å². The SMILES string of the molecule is COC(=O)[C@H](Cc1ccc(O)cc1)NC(=O)C(C)Nc1ccc(Cl)c(Cl)c1. The lowest BCUT2D eigenvalue weighted by atomic mass is 10.1. The summed E-state index contributed by atoms with van der Waals surface area (Å²) in [4.78, 5) is 24.5. The highest BCUT2D eigenvalue weighted by Gasteiger charge is 2.24. The zero-order chi connectivity index (χ0) is 20.0. The van der Waals surface area contributed by atoms with Gasteiger partial charge >= 0.3 is 5.97 Å². The predicted octanol–water partition coefficient (Wildman–Crippen LogP) is 3.40. The quantitative estimate of drug-likeness (QED) is 0.608. The van der Waals surface area contributed by atoms with Gasteiger partial charge in [-0.15, -0.1) is 0 Å². The summed E-state index contributed by atoms with van der Waals surface area (Å²) in [6.07, 6.45) is 0.234. The molecule has 0 spiro atoms. The molecule has 0 aromatic heterocycles. The molecule has 2 aromatic carbocycles. The normalized spacial score (nSPS) is 12.7. The molecule has 0 radical (unpaired) electrons. The number of benzene rings is 2. The van der Waals surface area contributed by atoms with Crippen molar-refractivity contribution in [3.05, 3.63) is 58.1 Å². The first kappa shape index (κ1) is 20.9. The van der Waals surface area contributed by atoms with Crippen molar-refractivity contribution >= 4 is 40.8 Å². The lowest BCUT2D eigenvalue weighted by Gasteiger charge is -2.21. The van der Waals surface area contributed by atoms with E-state index in [9.17, 15) is 14.7 Å². The third kappa shape index (κ3) is 6.05. The Hall–Kier alpha value is -2.44. The Bertz CT molecular complexity index is 812. The van der Waals surface area contributed by atoms with Crippen molar-refractivity contribution in [2.75, 3.05) is 12.4 Å². The summed E-state index contributed by atoms with van der Waals surface area (Å²) in [5.41, 5.74) is 1.40. The van der Waals surface area contributed by atoms with Crippen molar-refractivity contribution in [3.63, 3.8) is 0 Å². The molecule has 1 amide bonds. The summed E-state index contributed by atoms with van der Waals surface area (Å²) in [6, 6.07) is 9.83. The zero-order valence-corrected chi connectivity index (χ0v) is 16.3. The summed E-state index contributed by atoms with van der Waals surface area (Å²) >= 11 is 11.9. The van der Waals surface area contributed by atoms with Crippen LogP contribution in [0.5, 0.6) is 5.75 Å². The van der Waals surface area contributed by atoms with Gasteiger partial charge in [-0.3, -0.25) is 4.79 Å². The smallest absolute Gasteiger partial charge is 0.328 e. The Kier molecular flexibility index (Phi) is 7.33. The molecule has 2 atom stereocenters. The van der Waals surface area contributed by atoms with E-state index in [1.165, 1.54) is 19.2 Å². The van der Waals surface area contributed by atoms with Gasteiger partial charge in [-0.2, -0.15) is 0 Å². The number of ether oxygens (including phenoxy) is 1. The first-order valence-corrected chi connectivity index (χ1v) is 8.93. The average molecular weight is 411 g/mol. The van der Waals surface area contributed by atoms with Gasteiger partial charge in [0.05, 0.1) is 17.2 Å². The van der Waals surface area contributed by atoms with E-state index >= 15 is 0 Å². The molecule has 2 aromatic rings. The van der Waals surface area contributed by atoms with E-state index in [2.05, 4.69) is 10.6 Å². The number of hydrogen-bond donors (Lipinski definition) is 3. The van der Waals surface area contributed by atoms with E-state index in [1.54, 1.807) is 37.3 Å². The summed E-state index contributed by atoms with van der Waals surface area (Å²) in [7, 11) is 1.26. The Morgan fingerprint density at radius 2 is 1.78 bits per heavy atom. The molecule has 0 aliphatic rings. The molecular formula is C19H20Cl2N2O4. The summed E-state index contributed by atoms with van der Waals surface area (Å²) in [6.45, 7) is 1.66. The maximum Gasteiger partial charge on any atom is 0.328 e. The second kappa shape index (κ2) is 9.48. The first-order valence-electron chi connectivity index (χ1n) is 8.18. The number of esters is 1. The van der Waals surface area contributed by atoms with Crippen molar-refractivity contribution in [3.8, 4) is 5.75 Å². The van der Waals surface area contributed by atoms with Crippen molar-refractivity contribution in [1.29, 1.82) is 0 Å². The molecule has 1 unspecified atom stereocenters. The van der Waals surface area contributed by atoms with Gasteiger partial charge in [0.2, 0.25) is 5.91 Å². The van der Waals surface area contributed by atoms with Gasteiger partial charge in [-0.25, -0.2) is 4.79 Å². The van der Waals surface area contributed by atoms with Gasteiger partial charge in [0.15, 0.2) is 0 Å². The number of hydrogen-bond acceptors (Lipinski definition) is 5. The molecule has 0 bridgehead atoms. The number of phenols is 1. The van der Waals surface area contributed by atoms with Gasteiger partial charge in [-0.05, 0) is 42.8 Å². The number of anilines is 1. The number of carbonyl (C=O) groups excluding carboxylic acids is 2. The fourth-order valence-electron chi connectivity index (χ4n) is 2.40. The van der Waals surface area contributed by atoms with E-state index in [-0.39, 0.29) is 18.1 Å². The fourth-order valence-corrected chi connectivity index (χ4v) is 2.70. The molecule has 8 heteroatoms. The van der Waals surface area contributed by atoms with Crippen LogP contribution in [0, 0.1) is 0 Å². The Labute approximate surface area is 167 Å². The number of amides is 1. The highest BCUT2D eigenvalue weighted by molar-refractivity contribution is 6.42. The lowest BCUT2D eigenvalue weighted by molar-refractivity contribution is -0.145. The molecular weight excluding hydrogens is 391 g/mol. The molecule has 0 saturated heterocycles. The molecule has 0 heterocycles. The maximum atomic E-state index is 12.5. The number of rotatable bonds is 7. The van der Waals surface area contributed by atoms with E-state index in [4.69, 9.17) is 27.9 Å². The van der Waals surface area contributed by atoms with Crippen LogP contribution in [0.25, 0.3) is 0 Å².